The van der Waals surface area contributed by atoms with Crippen LogP contribution in [0.1, 0.15) is 33.3 Å². The molecule has 0 saturated heterocycles. The lowest BCUT2D eigenvalue weighted by atomic mass is 10.1. The molecule has 4 rings (SSSR count). The number of hydrogen-bond donors (Lipinski definition) is 0. The molecule has 0 amide bonds. The van der Waals surface area contributed by atoms with E-state index in [4.69, 9.17) is 18.6 Å². The number of nitrogens with zero attached hydrogens (tertiary/aromatic N) is 1. The maximum absolute atomic E-state index is 12.7. The SMILES string of the molecule is Cc1ccc(C=CC(=O)OCC(=O)c2cc(C)n(-c3ccc4c(c3)OCO4)c2C)o1. The third kappa shape index (κ3) is 3.87. The Morgan fingerprint density at radius 2 is 1.87 bits per heavy atom. The molecule has 1 aliphatic heterocycles. The summed E-state index contributed by atoms with van der Waals surface area (Å²) in [5, 5.41) is 0. The highest BCUT2D eigenvalue weighted by Gasteiger charge is 2.20. The summed E-state index contributed by atoms with van der Waals surface area (Å²) >= 11 is 0. The maximum Gasteiger partial charge on any atom is 0.331 e. The van der Waals surface area contributed by atoms with Gasteiger partial charge in [-0.3, -0.25) is 4.79 Å². The average Bonchev–Trinajstić information content (AvgIpc) is 3.43. The van der Waals surface area contributed by atoms with Gasteiger partial charge in [-0.2, -0.15) is 0 Å². The molecule has 30 heavy (non-hydrogen) atoms. The van der Waals surface area contributed by atoms with Crippen LogP contribution in [0.2, 0.25) is 0 Å². The molecule has 3 heterocycles. The largest absolute Gasteiger partial charge is 0.462 e. The quantitative estimate of drug-likeness (QED) is 0.347. The molecule has 0 saturated carbocycles. The number of ether oxygens (including phenoxy) is 3. The molecule has 0 atom stereocenters. The Labute approximate surface area is 173 Å². The van der Waals surface area contributed by atoms with E-state index in [2.05, 4.69) is 0 Å². The Bertz CT molecular complexity index is 1150. The molecule has 2 aromatic heterocycles. The van der Waals surface area contributed by atoms with Gasteiger partial charge in [0, 0.05) is 34.8 Å². The fourth-order valence-corrected chi connectivity index (χ4v) is 3.42. The first-order valence-electron chi connectivity index (χ1n) is 9.46. The van der Waals surface area contributed by atoms with E-state index >= 15 is 0 Å². The molecule has 7 heteroatoms. The van der Waals surface area contributed by atoms with Crippen LogP contribution in [-0.4, -0.2) is 29.7 Å². The predicted octanol–water partition coefficient (Wildman–Crippen LogP) is 4.16. The number of fused-ring (bicyclic) bond motifs is 1. The zero-order chi connectivity index (χ0) is 21.3. The normalized spacial score (nSPS) is 12.5. The standard InChI is InChI=1S/C23H21NO6/c1-14-10-19(16(3)24(14)17-5-8-21-22(11-17)29-13-28-21)20(25)12-27-23(26)9-7-18-6-4-15(2)30-18/h4-11H,12-13H2,1-3H3. The molecule has 154 valence electrons. The zero-order valence-corrected chi connectivity index (χ0v) is 16.9. The summed E-state index contributed by atoms with van der Waals surface area (Å²) < 4.78 is 23.2. The average molecular weight is 407 g/mol. The molecular weight excluding hydrogens is 386 g/mol. The Hall–Kier alpha value is -3.74. The fourth-order valence-electron chi connectivity index (χ4n) is 3.42. The number of esters is 1. The maximum atomic E-state index is 12.7. The second kappa shape index (κ2) is 7.94. The number of rotatable bonds is 6. The van der Waals surface area contributed by atoms with E-state index in [1.165, 1.54) is 12.2 Å². The second-order valence-electron chi connectivity index (χ2n) is 6.97. The van der Waals surface area contributed by atoms with Gasteiger partial charge >= 0.3 is 5.97 Å². The molecule has 7 nitrogen and oxygen atoms in total. The molecule has 0 fully saturated rings. The van der Waals surface area contributed by atoms with Crippen LogP contribution in [0.4, 0.5) is 0 Å². The van der Waals surface area contributed by atoms with Crippen molar-refractivity contribution < 1.29 is 28.2 Å². The van der Waals surface area contributed by atoms with E-state index in [0.29, 0.717) is 22.8 Å². The fraction of sp³-hybridized carbons (Fsp3) is 0.217. The number of furan rings is 1. The third-order valence-electron chi connectivity index (χ3n) is 4.84. The van der Waals surface area contributed by atoms with Gasteiger partial charge in [-0.25, -0.2) is 4.79 Å². The summed E-state index contributed by atoms with van der Waals surface area (Å²) in [4.78, 5) is 24.6. The van der Waals surface area contributed by atoms with Crippen LogP contribution in [0.25, 0.3) is 11.8 Å². The minimum atomic E-state index is -0.609. The van der Waals surface area contributed by atoms with Crippen molar-refractivity contribution in [1.82, 2.24) is 4.57 Å². The van der Waals surface area contributed by atoms with Crippen molar-refractivity contribution in [2.75, 3.05) is 13.4 Å². The van der Waals surface area contributed by atoms with Crippen LogP contribution >= 0.6 is 0 Å². The molecule has 0 spiro atoms. The van der Waals surface area contributed by atoms with Crippen LogP contribution in [0, 0.1) is 20.8 Å². The summed E-state index contributed by atoms with van der Waals surface area (Å²) in [6.07, 6.45) is 2.74. The lowest BCUT2D eigenvalue weighted by Gasteiger charge is -2.10. The summed E-state index contributed by atoms with van der Waals surface area (Å²) in [7, 11) is 0. The molecule has 1 aliphatic rings. The van der Waals surface area contributed by atoms with Crippen LogP contribution in [-0.2, 0) is 9.53 Å². The zero-order valence-electron chi connectivity index (χ0n) is 16.9. The summed E-state index contributed by atoms with van der Waals surface area (Å²) in [6.45, 7) is 5.44. The van der Waals surface area contributed by atoms with Gasteiger partial charge in [0.25, 0.3) is 0 Å². The Kier molecular flexibility index (Phi) is 5.18. The van der Waals surface area contributed by atoms with Crippen LogP contribution in [0.5, 0.6) is 11.5 Å². The number of aromatic nitrogens is 1. The van der Waals surface area contributed by atoms with Crippen molar-refractivity contribution in [1.29, 1.82) is 0 Å². The molecule has 0 unspecified atom stereocenters. The number of carbonyl (C=O) groups excluding carboxylic acids is 2. The molecule has 0 radical (unpaired) electrons. The van der Waals surface area contributed by atoms with Crippen LogP contribution in [0.15, 0.2) is 46.9 Å². The summed E-state index contributed by atoms with van der Waals surface area (Å²) in [6, 6.07) is 10.9. The van der Waals surface area contributed by atoms with Gasteiger partial charge in [0.2, 0.25) is 12.6 Å². The lowest BCUT2D eigenvalue weighted by molar-refractivity contribution is -0.136. The molecule has 0 aliphatic carbocycles. The van der Waals surface area contributed by atoms with Crippen molar-refractivity contribution in [3.05, 3.63) is 70.9 Å². The minimum absolute atomic E-state index is 0.200. The van der Waals surface area contributed by atoms with E-state index in [0.717, 1.165) is 22.8 Å². The number of benzene rings is 1. The number of carbonyl (C=O) groups is 2. The molecular formula is C23H21NO6. The van der Waals surface area contributed by atoms with Gasteiger partial charge in [-0.1, -0.05) is 0 Å². The number of ketones is 1. The highest BCUT2D eigenvalue weighted by molar-refractivity contribution is 6.00. The molecule has 0 bridgehead atoms. The van der Waals surface area contributed by atoms with Gasteiger partial charge in [-0.15, -0.1) is 0 Å². The van der Waals surface area contributed by atoms with Crippen molar-refractivity contribution in [2.45, 2.75) is 20.8 Å². The van der Waals surface area contributed by atoms with E-state index in [1.54, 1.807) is 18.2 Å². The first kappa shape index (κ1) is 19.6. The third-order valence-corrected chi connectivity index (χ3v) is 4.84. The number of aryl methyl sites for hydroxylation is 2. The van der Waals surface area contributed by atoms with Crippen molar-refractivity contribution in [3.63, 3.8) is 0 Å². The molecule has 0 N–H and O–H groups in total. The summed E-state index contributed by atoms with van der Waals surface area (Å²) in [5.74, 6) is 1.77. The summed E-state index contributed by atoms with van der Waals surface area (Å²) in [5.41, 5.74) is 3.01. The topological polar surface area (TPSA) is 79.9 Å². The van der Waals surface area contributed by atoms with E-state index in [-0.39, 0.29) is 19.2 Å². The second-order valence-corrected chi connectivity index (χ2v) is 6.97. The smallest absolute Gasteiger partial charge is 0.331 e. The van der Waals surface area contributed by atoms with Crippen LogP contribution < -0.4 is 9.47 Å². The van der Waals surface area contributed by atoms with Crippen LogP contribution in [0.3, 0.4) is 0 Å². The van der Waals surface area contributed by atoms with Crippen molar-refractivity contribution in [2.24, 2.45) is 0 Å². The first-order chi connectivity index (χ1) is 14.4. The highest BCUT2D eigenvalue weighted by Crippen LogP contribution is 2.34. The van der Waals surface area contributed by atoms with Gasteiger partial charge in [0.1, 0.15) is 11.5 Å². The molecule has 1 aromatic carbocycles. The number of hydrogen-bond acceptors (Lipinski definition) is 6. The van der Waals surface area contributed by atoms with Gasteiger partial charge in [0.15, 0.2) is 18.1 Å². The minimum Gasteiger partial charge on any atom is -0.462 e. The first-order valence-corrected chi connectivity index (χ1v) is 9.46. The van der Waals surface area contributed by atoms with Gasteiger partial charge in [-0.05, 0) is 57.2 Å². The van der Waals surface area contributed by atoms with Gasteiger partial charge < -0.3 is 23.2 Å². The highest BCUT2D eigenvalue weighted by atomic mass is 16.7. The predicted molar refractivity (Wildman–Crippen MR) is 109 cm³/mol. The monoisotopic (exact) mass is 407 g/mol. The number of Topliss-reactive ketones (excluding diaryl/α,β-unsaturated/α-hetero) is 1. The van der Waals surface area contributed by atoms with Crippen molar-refractivity contribution in [3.8, 4) is 17.2 Å². The van der Waals surface area contributed by atoms with Crippen molar-refractivity contribution >= 4 is 17.8 Å². The van der Waals surface area contributed by atoms with E-state index in [1.807, 2.05) is 43.5 Å². The van der Waals surface area contributed by atoms with Gasteiger partial charge in [0.05, 0.1) is 0 Å². The van der Waals surface area contributed by atoms with E-state index in [9.17, 15) is 9.59 Å². The Morgan fingerprint density at radius 1 is 1.07 bits per heavy atom. The van der Waals surface area contributed by atoms with E-state index < -0.39 is 5.97 Å². The Balaban J connectivity index is 1.45. The Morgan fingerprint density at radius 3 is 2.63 bits per heavy atom. The molecule has 3 aromatic rings. The lowest BCUT2D eigenvalue weighted by Crippen LogP contribution is -2.13.